The zero-order valence-corrected chi connectivity index (χ0v) is 15.5. The number of fused-ring (bicyclic) bond motifs is 2. The standard InChI is InChI=1S/C17H18BrN3O5/c18-10-4-5-12-11(8-10)17(26)21-7-6-20(9-13(21)16(25)19-12)14(22)2-1-3-15(23)24/h4-5,8,13H,1-3,6-7,9H2,(H,19,25)(H,23,24)/t13-/m1/s1. The van der Waals surface area contributed by atoms with Crippen LogP contribution >= 0.6 is 15.9 Å². The van der Waals surface area contributed by atoms with Gasteiger partial charge in [0.25, 0.3) is 5.91 Å². The molecule has 2 heterocycles. The normalized spacial score (nSPS) is 19.3. The van der Waals surface area contributed by atoms with Crippen molar-refractivity contribution in [2.45, 2.75) is 25.3 Å². The van der Waals surface area contributed by atoms with Crippen LogP contribution in [0.15, 0.2) is 22.7 Å². The molecule has 9 heteroatoms. The van der Waals surface area contributed by atoms with Gasteiger partial charge in [0.2, 0.25) is 11.8 Å². The average Bonchev–Trinajstić information content (AvgIpc) is 2.70. The first-order valence-electron chi connectivity index (χ1n) is 8.28. The predicted octanol–water partition coefficient (Wildman–Crippen LogP) is 1.31. The summed E-state index contributed by atoms with van der Waals surface area (Å²) in [5, 5.41) is 11.4. The molecule has 0 unspecified atom stereocenters. The SMILES string of the molecule is O=C(O)CCCC(=O)N1CCN2C(=O)c3cc(Br)ccc3NC(=O)[C@H]2C1. The van der Waals surface area contributed by atoms with E-state index in [9.17, 15) is 19.2 Å². The molecular weight excluding hydrogens is 406 g/mol. The van der Waals surface area contributed by atoms with Crippen molar-refractivity contribution < 1.29 is 24.3 Å². The lowest BCUT2D eigenvalue weighted by Gasteiger charge is -2.39. The molecule has 2 aliphatic heterocycles. The average molecular weight is 424 g/mol. The van der Waals surface area contributed by atoms with Crippen molar-refractivity contribution in [2.75, 3.05) is 25.0 Å². The molecule has 0 aromatic heterocycles. The molecule has 138 valence electrons. The maximum Gasteiger partial charge on any atom is 0.303 e. The highest BCUT2D eigenvalue weighted by Crippen LogP contribution is 2.28. The van der Waals surface area contributed by atoms with E-state index in [1.165, 1.54) is 9.80 Å². The van der Waals surface area contributed by atoms with E-state index < -0.39 is 12.0 Å². The van der Waals surface area contributed by atoms with Gasteiger partial charge < -0.3 is 20.2 Å². The molecule has 0 saturated carbocycles. The van der Waals surface area contributed by atoms with E-state index in [1.807, 2.05) is 0 Å². The molecule has 2 N–H and O–H groups in total. The number of carboxylic acid groups (broad SMARTS) is 1. The van der Waals surface area contributed by atoms with E-state index >= 15 is 0 Å². The van der Waals surface area contributed by atoms with Gasteiger partial charge in [0.15, 0.2) is 0 Å². The number of nitrogens with zero attached hydrogens (tertiary/aromatic N) is 2. The number of hydrogen-bond acceptors (Lipinski definition) is 4. The van der Waals surface area contributed by atoms with Gasteiger partial charge in [0.05, 0.1) is 17.8 Å². The quantitative estimate of drug-likeness (QED) is 0.758. The second-order valence-corrected chi connectivity index (χ2v) is 7.20. The molecule has 0 radical (unpaired) electrons. The molecule has 2 aliphatic rings. The van der Waals surface area contributed by atoms with Crippen LogP contribution in [0.1, 0.15) is 29.6 Å². The number of carbonyl (C=O) groups is 4. The number of rotatable bonds is 4. The molecule has 1 fully saturated rings. The highest BCUT2D eigenvalue weighted by Gasteiger charge is 2.40. The minimum absolute atomic E-state index is 0.0711. The van der Waals surface area contributed by atoms with Crippen LogP contribution in [-0.4, -0.2) is 64.3 Å². The maximum atomic E-state index is 12.8. The summed E-state index contributed by atoms with van der Waals surface area (Å²) in [6.07, 6.45) is 0.295. The number of halogens is 1. The molecule has 26 heavy (non-hydrogen) atoms. The topological polar surface area (TPSA) is 107 Å². The van der Waals surface area contributed by atoms with Crippen molar-refractivity contribution in [1.82, 2.24) is 9.80 Å². The van der Waals surface area contributed by atoms with Gasteiger partial charge >= 0.3 is 5.97 Å². The van der Waals surface area contributed by atoms with E-state index in [0.717, 1.165) is 4.47 Å². The number of amides is 3. The summed E-state index contributed by atoms with van der Waals surface area (Å²) in [6.45, 7) is 0.691. The first-order chi connectivity index (χ1) is 12.4. The van der Waals surface area contributed by atoms with Crippen LogP contribution in [0.5, 0.6) is 0 Å². The van der Waals surface area contributed by atoms with Crippen molar-refractivity contribution >= 4 is 45.3 Å². The van der Waals surface area contributed by atoms with Crippen LogP contribution in [0, 0.1) is 0 Å². The Labute approximate surface area is 158 Å². The number of piperazine rings is 1. The Bertz CT molecular complexity index is 782. The Kier molecular flexibility index (Phi) is 5.26. The van der Waals surface area contributed by atoms with Crippen LogP contribution in [0.3, 0.4) is 0 Å². The van der Waals surface area contributed by atoms with Gasteiger partial charge in [-0.2, -0.15) is 0 Å². The van der Waals surface area contributed by atoms with Gasteiger partial charge in [-0.15, -0.1) is 0 Å². The Hall–Kier alpha value is -2.42. The largest absolute Gasteiger partial charge is 0.481 e. The Morgan fingerprint density at radius 1 is 1.23 bits per heavy atom. The zero-order valence-electron chi connectivity index (χ0n) is 13.9. The summed E-state index contributed by atoms with van der Waals surface area (Å²) < 4.78 is 0.740. The van der Waals surface area contributed by atoms with E-state index in [4.69, 9.17) is 5.11 Å². The number of hydrogen-bond donors (Lipinski definition) is 2. The van der Waals surface area contributed by atoms with Crippen molar-refractivity contribution in [3.05, 3.63) is 28.2 Å². The van der Waals surface area contributed by atoms with Crippen molar-refractivity contribution in [3.8, 4) is 0 Å². The Morgan fingerprint density at radius 2 is 2.00 bits per heavy atom. The Balaban J connectivity index is 1.74. The first-order valence-corrected chi connectivity index (χ1v) is 9.07. The molecule has 0 bridgehead atoms. The molecule has 8 nitrogen and oxygen atoms in total. The molecule has 1 saturated heterocycles. The van der Waals surface area contributed by atoms with E-state index in [1.54, 1.807) is 18.2 Å². The minimum atomic E-state index is -0.944. The van der Waals surface area contributed by atoms with Gasteiger partial charge in [-0.1, -0.05) is 15.9 Å². The smallest absolute Gasteiger partial charge is 0.303 e. The lowest BCUT2D eigenvalue weighted by Crippen LogP contribution is -2.59. The Morgan fingerprint density at radius 3 is 2.73 bits per heavy atom. The summed E-state index contributed by atoms with van der Waals surface area (Å²) in [5.41, 5.74) is 0.869. The van der Waals surface area contributed by atoms with Crippen molar-refractivity contribution in [3.63, 3.8) is 0 Å². The predicted molar refractivity (Wildman–Crippen MR) is 95.7 cm³/mol. The monoisotopic (exact) mass is 423 g/mol. The molecule has 1 aromatic rings. The maximum absolute atomic E-state index is 12.8. The molecule has 3 amide bonds. The molecule has 0 spiro atoms. The van der Waals surface area contributed by atoms with Gasteiger partial charge in [0, 0.05) is 30.4 Å². The first kappa shape index (κ1) is 18.4. The number of nitrogens with one attached hydrogen (secondary N) is 1. The second-order valence-electron chi connectivity index (χ2n) is 6.28. The third-order valence-electron chi connectivity index (χ3n) is 4.55. The van der Waals surface area contributed by atoms with Crippen molar-refractivity contribution in [2.24, 2.45) is 0 Å². The highest BCUT2D eigenvalue weighted by molar-refractivity contribution is 9.10. The summed E-state index contributed by atoms with van der Waals surface area (Å²) in [5.74, 6) is -1.72. The third-order valence-corrected chi connectivity index (χ3v) is 5.04. The van der Waals surface area contributed by atoms with Gasteiger partial charge in [-0.3, -0.25) is 19.2 Å². The molecule has 1 atom stereocenters. The second kappa shape index (κ2) is 7.45. The van der Waals surface area contributed by atoms with E-state index in [0.29, 0.717) is 17.8 Å². The number of aliphatic carboxylic acids is 1. The lowest BCUT2D eigenvalue weighted by atomic mass is 10.1. The number of carboxylic acids is 1. The molecule has 3 rings (SSSR count). The fourth-order valence-electron chi connectivity index (χ4n) is 3.20. The van der Waals surface area contributed by atoms with E-state index in [-0.39, 0.29) is 50.1 Å². The van der Waals surface area contributed by atoms with Crippen LogP contribution < -0.4 is 5.32 Å². The van der Waals surface area contributed by atoms with Gasteiger partial charge in [-0.25, -0.2) is 0 Å². The zero-order chi connectivity index (χ0) is 18.8. The molecule has 0 aliphatic carbocycles. The summed E-state index contributed by atoms with van der Waals surface area (Å²) in [7, 11) is 0. The van der Waals surface area contributed by atoms with Gasteiger partial charge in [-0.05, 0) is 24.6 Å². The minimum Gasteiger partial charge on any atom is -0.481 e. The van der Waals surface area contributed by atoms with Crippen LogP contribution in [0.4, 0.5) is 5.69 Å². The highest BCUT2D eigenvalue weighted by atomic mass is 79.9. The number of anilines is 1. The van der Waals surface area contributed by atoms with Crippen molar-refractivity contribution in [1.29, 1.82) is 0 Å². The number of benzene rings is 1. The fourth-order valence-corrected chi connectivity index (χ4v) is 3.56. The lowest BCUT2D eigenvalue weighted by molar-refractivity contribution is -0.137. The van der Waals surface area contributed by atoms with Crippen LogP contribution in [0.2, 0.25) is 0 Å². The van der Waals surface area contributed by atoms with Crippen LogP contribution in [-0.2, 0) is 14.4 Å². The van der Waals surface area contributed by atoms with Crippen LogP contribution in [0.25, 0.3) is 0 Å². The summed E-state index contributed by atoms with van der Waals surface area (Å²) >= 11 is 3.33. The third kappa shape index (κ3) is 3.72. The molecular formula is C17H18BrN3O5. The van der Waals surface area contributed by atoms with Gasteiger partial charge in [0.1, 0.15) is 6.04 Å². The number of carbonyl (C=O) groups excluding carboxylic acids is 3. The summed E-state index contributed by atoms with van der Waals surface area (Å²) in [6, 6.07) is 4.33. The summed E-state index contributed by atoms with van der Waals surface area (Å²) in [4.78, 5) is 51.3. The van der Waals surface area contributed by atoms with E-state index in [2.05, 4.69) is 21.2 Å². The molecule has 1 aromatic carbocycles. The fraction of sp³-hybridized carbons (Fsp3) is 0.412.